The molecule has 2 atom stereocenters. The van der Waals surface area contributed by atoms with Gasteiger partial charge >= 0.3 is 6.18 Å². The number of aromatic nitrogens is 2. The van der Waals surface area contributed by atoms with Gasteiger partial charge in [0, 0.05) is 33.3 Å². The number of hydrogen-bond donors (Lipinski definition) is 0. The lowest BCUT2D eigenvalue weighted by molar-refractivity contribution is -0.137. The summed E-state index contributed by atoms with van der Waals surface area (Å²) >= 11 is 0. The van der Waals surface area contributed by atoms with Gasteiger partial charge in [-0.3, -0.25) is 4.90 Å². The Morgan fingerprint density at radius 3 is 2.73 bits per heavy atom. The predicted octanol–water partition coefficient (Wildman–Crippen LogP) is 2.91. The zero-order valence-corrected chi connectivity index (χ0v) is 14.8. The molecule has 1 aliphatic heterocycles. The lowest BCUT2D eigenvalue weighted by Gasteiger charge is -2.27. The Hall–Kier alpha value is -2.13. The molecule has 0 N–H and O–H groups in total. The zero-order valence-electron chi connectivity index (χ0n) is 14.8. The number of alkyl halides is 3. The van der Waals surface area contributed by atoms with Gasteiger partial charge < -0.3 is 14.1 Å². The van der Waals surface area contributed by atoms with E-state index in [2.05, 4.69) is 15.1 Å². The van der Waals surface area contributed by atoms with Crippen LogP contribution in [-0.4, -0.2) is 61.5 Å². The molecule has 0 unspecified atom stereocenters. The summed E-state index contributed by atoms with van der Waals surface area (Å²) < 4.78 is 51.2. The highest BCUT2D eigenvalue weighted by molar-refractivity contribution is 5.58. The molecule has 1 aliphatic rings. The van der Waals surface area contributed by atoms with E-state index in [4.69, 9.17) is 9.15 Å². The fourth-order valence-corrected chi connectivity index (χ4v) is 3.24. The molecule has 142 valence electrons. The molecule has 0 amide bonds. The third-order valence-corrected chi connectivity index (χ3v) is 4.68. The fourth-order valence-electron chi connectivity index (χ4n) is 3.24. The summed E-state index contributed by atoms with van der Waals surface area (Å²) in [6, 6.07) is 4.20. The van der Waals surface area contributed by atoms with Gasteiger partial charge in [-0.15, -0.1) is 10.2 Å². The van der Waals surface area contributed by atoms with Gasteiger partial charge in [0.25, 0.3) is 0 Å². The summed E-state index contributed by atoms with van der Waals surface area (Å²) in [5.74, 6) is 0.0535. The number of rotatable bonds is 5. The van der Waals surface area contributed by atoms with Crippen LogP contribution < -0.4 is 4.90 Å². The molecule has 0 radical (unpaired) electrons. The van der Waals surface area contributed by atoms with E-state index in [1.54, 1.807) is 26.3 Å². The van der Waals surface area contributed by atoms with Crippen molar-refractivity contribution in [2.24, 2.45) is 0 Å². The summed E-state index contributed by atoms with van der Waals surface area (Å²) in [6.07, 6.45) is -2.31. The summed E-state index contributed by atoms with van der Waals surface area (Å²) in [7, 11) is 5.18. The molecule has 0 bridgehead atoms. The maximum atomic E-state index is 13.6. The minimum absolute atomic E-state index is 0.0527. The van der Waals surface area contributed by atoms with Crippen LogP contribution in [0.5, 0.6) is 0 Å². The second-order valence-corrected chi connectivity index (χ2v) is 6.51. The third-order valence-electron chi connectivity index (χ3n) is 4.68. The van der Waals surface area contributed by atoms with Crippen LogP contribution in [0.25, 0.3) is 11.5 Å². The molecule has 0 aliphatic carbocycles. The molecule has 1 fully saturated rings. The van der Waals surface area contributed by atoms with Crippen LogP contribution in [0.1, 0.15) is 12.0 Å². The smallest absolute Gasteiger partial charge is 0.420 e. The molecule has 26 heavy (non-hydrogen) atoms. The second-order valence-electron chi connectivity index (χ2n) is 6.51. The first-order chi connectivity index (χ1) is 12.3. The topological polar surface area (TPSA) is 54.6 Å². The van der Waals surface area contributed by atoms with Crippen molar-refractivity contribution in [1.29, 1.82) is 0 Å². The van der Waals surface area contributed by atoms with Gasteiger partial charge in [0.15, 0.2) is 11.6 Å². The van der Waals surface area contributed by atoms with Crippen molar-refractivity contribution >= 4 is 5.82 Å². The summed E-state index contributed by atoms with van der Waals surface area (Å²) in [6.45, 7) is 1.15. The Kier molecular flexibility index (Phi) is 5.19. The van der Waals surface area contributed by atoms with E-state index < -0.39 is 11.7 Å². The minimum atomic E-state index is -4.54. The number of halogens is 3. The van der Waals surface area contributed by atoms with E-state index >= 15 is 0 Å². The molecule has 2 aromatic heterocycles. The SMILES string of the molecule is CO[C@H]1C[C@@H](CN(C)c2nnc(-c3ccco3)cc2C(F)(F)F)N(C)C1. The van der Waals surface area contributed by atoms with E-state index in [-0.39, 0.29) is 29.4 Å². The Balaban J connectivity index is 1.86. The molecule has 6 nitrogen and oxygen atoms in total. The molecular formula is C17H21F3N4O2. The highest BCUT2D eigenvalue weighted by Gasteiger charge is 2.38. The van der Waals surface area contributed by atoms with Crippen molar-refractivity contribution in [3.8, 4) is 11.5 Å². The van der Waals surface area contributed by atoms with Crippen molar-refractivity contribution in [2.75, 3.05) is 39.2 Å². The van der Waals surface area contributed by atoms with Gasteiger partial charge in [0.2, 0.25) is 0 Å². The normalized spacial score (nSPS) is 21.3. The summed E-state index contributed by atoms with van der Waals surface area (Å²) in [4.78, 5) is 3.59. The summed E-state index contributed by atoms with van der Waals surface area (Å²) in [5.41, 5.74) is -0.776. The van der Waals surface area contributed by atoms with Crippen molar-refractivity contribution in [1.82, 2.24) is 15.1 Å². The van der Waals surface area contributed by atoms with Gasteiger partial charge in [0.05, 0.1) is 12.4 Å². The van der Waals surface area contributed by atoms with E-state index in [1.165, 1.54) is 11.2 Å². The Morgan fingerprint density at radius 1 is 1.38 bits per heavy atom. The van der Waals surface area contributed by atoms with Gasteiger partial charge in [-0.25, -0.2) is 0 Å². The first-order valence-electron chi connectivity index (χ1n) is 8.22. The van der Waals surface area contributed by atoms with Gasteiger partial charge in [-0.1, -0.05) is 0 Å². The van der Waals surface area contributed by atoms with E-state index in [0.29, 0.717) is 6.54 Å². The van der Waals surface area contributed by atoms with E-state index in [1.807, 2.05) is 7.05 Å². The summed E-state index contributed by atoms with van der Waals surface area (Å²) in [5, 5.41) is 7.77. The number of likely N-dealkylation sites (N-methyl/N-ethyl adjacent to an activating group) is 2. The first-order valence-corrected chi connectivity index (χ1v) is 8.22. The molecule has 0 aromatic carbocycles. The molecule has 3 rings (SSSR count). The molecule has 2 aromatic rings. The quantitative estimate of drug-likeness (QED) is 0.807. The van der Waals surface area contributed by atoms with Crippen LogP contribution in [-0.2, 0) is 10.9 Å². The third kappa shape index (κ3) is 3.83. The lowest BCUT2D eigenvalue weighted by Crippen LogP contribution is -2.37. The number of ether oxygens (including phenoxy) is 1. The number of furan rings is 1. The Bertz CT molecular complexity index is 736. The maximum absolute atomic E-state index is 13.6. The molecule has 0 saturated carbocycles. The zero-order chi connectivity index (χ0) is 18.9. The van der Waals surface area contributed by atoms with Gasteiger partial charge in [-0.05, 0) is 31.7 Å². The van der Waals surface area contributed by atoms with Crippen LogP contribution in [0, 0.1) is 0 Å². The van der Waals surface area contributed by atoms with Gasteiger partial charge in [-0.2, -0.15) is 13.2 Å². The number of nitrogens with zero attached hydrogens (tertiary/aromatic N) is 4. The average Bonchev–Trinajstić information content (AvgIpc) is 3.24. The minimum Gasteiger partial charge on any atom is -0.463 e. The predicted molar refractivity (Wildman–Crippen MR) is 89.8 cm³/mol. The monoisotopic (exact) mass is 370 g/mol. The van der Waals surface area contributed by atoms with Crippen molar-refractivity contribution in [3.63, 3.8) is 0 Å². The van der Waals surface area contributed by atoms with E-state index in [0.717, 1.165) is 19.0 Å². The lowest BCUT2D eigenvalue weighted by atomic mass is 10.1. The van der Waals surface area contributed by atoms with Crippen molar-refractivity contribution in [2.45, 2.75) is 24.7 Å². The highest BCUT2D eigenvalue weighted by Crippen LogP contribution is 2.37. The second kappa shape index (κ2) is 7.24. The highest BCUT2D eigenvalue weighted by atomic mass is 19.4. The van der Waals surface area contributed by atoms with E-state index in [9.17, 15) is 13.2 Å². The van der Waals surface area contributed by atoms with Crippen LogP contribution in [0.4, 0.5) is 19.0 Å². The van der Waals surface area contributed by atoms with Crippen molar-refractivity contribution in [3.05, 3.63) is 30.0 Å². The van der Waals surface area contributed by atoms with Crippen LogP contribution in [0.2, 0.25) is 0 Å². The molecular weight excluding hydrogens is 349 g/mol. The number of methoxy groups -OCH3 is 1. The van der Waals surface area contributed by atoms with Crippen molar-refractivity contribution < 1.29 is 22.3 Å². The van der Waals surface area contributed by atoms with Gasteiger partial charge in [0.1, 0.15) is 11.3 Å². The molecule has 3 heterocycles. The molecule has 1 saturated heterocycles. The standard InChI is InChI=1S/C17H21F3N4O2/c1-23-10-12(25-3)7-11(23)9-24(2)16-13(17(18,19)20)8-14(21-22-16)15-5-4-6-26-15/h4-6,8,11-12H,7,9-10H2,1-3H3/t11-,12-/m0/s1. The molecule has 9 heteroatoms. The van der Waals surface area contributed by atoms with Crippen LogP contribution in [0.3, 0.4) is 0 Å². The largest absolute Gasteiger partial charge is 0.463 e. The van der Waals surface area contributed by atoms with Crippen LogP contribution in [0.15, 0.2) is 28.9 Å². The van der Waals surface area contributed by atoms with Crippen LogP contribution >= 0.6 is 0 Å². The maximum Gasteiger partial charge on any atom is 0.420 e. The fraction of sp³-hybridized carbons (Fsp3) is 0.529. The average molecular weight is 370 g/mol. The first kappa shape index (κ1) is 18.7. The Labute approximate surface area is 149 Å². The molecule has 0 spiro atoms. The Morgan fingerprint density at radius 2 is 2.15 bits per heavy atom. The number of hydrogen-bond acceptors (Lipinski definition) is 6. The number of anilines is 1. The number of likely N-dealkylation sites (tertiary alicyclic amines) is 1.